The molecule has 0 fully saturated rings. The Labute approximate surface area is 195 Å². The van der Waals surface area contributed by atoms with E-state index in [1.54, 1.807) is 23.5 Å². The van der Waals surface area contributed by atoms with Gasteiger partial charge in [0.15, 0.2) is 11.5 Å². The van der Waals surface area contributed by atoms with Gasteiger partial charge in [0.2, 0.25) is 0 Å². The lowest BCUT2D eigenvalue weighted by atomic mass is 10.1. The van der Waals surface area contributed by atoms with Crippen molar-refractivity contribution in [1.82, 2.24) is 10.6 Å². The number of esters is 1. The van der Waals surface area contributed by atoms with Crippen molar-refractivity contribution in [3.63, 3.8) is 0 Å². The molecule has 0 bridgehead atoms. The Hall–Kier alpha value is -3.47. The fourth-order valence-electron chi connectivity index (χ4n) is 3.11. The minimum absolute atomic E-state index is 0.0794. The van der Waals surface area contributed by atoms with Crippen molar-refractivity contribution in [2.24, 2.45) is 0 Å². The minimum atomic E-state index is -5.21. The summed E-state index contributed by atoms with van der Waals surface area (Å²) >= 11 is 0. The lowest BCUT2D eigenvalue weighted by Gasteiger charge is -2.35. The molecule has 0 aliphatic rings. The van der Waals surface area contributed by atoms with E-state index < -0.39 is 23.7 Å². The number of alkyl halides is 3. The normalized spacial score (nSPS) is 12.9. The first kappa shape index (κ1) is 26.8. The van der Waals surface area contributed by atoms with Crippen molar-refractivity contribution in [2.45, 2.75) is 25.2 Å². The van der Waals surface area contributed by atoms with Crippen molar-refractivity contribution in [3.05, 3.63) is 53.6 Å². The van der Waals surface area contributed by atoms with E-state index in [1.165, 1.54) is 52.5 Å². The molecule has 11 heteroatoms. The van der Waals surface area contributed by atoms with Gasteiger partial charge < -0.3 is 24.3 Å². The van der Waals surface area contributed by atoms with E-state index in [4.69, 9.17) is 14.2 Å². The molecule has 0 spiro atoms. The maximum Gasteiger partial charge on any atom is 0.436 e. The summed E-state index contributed by atoms with van der Waals surface area (Å²) in [6.45, 7) is 0.733. The van der Waals surface area contributed by atoms with Crippen LogP contribution in [0.1, 0.15) is 22.8 Å². The number of amides is 1. The van der Waals surface area contributed by atoms with Gasteiger partial charge in [-0.3, -0.25) is 10.1 Å². The molecule has 1 unspecified atom stereocenters. The zero-order valence-electron chi connectivity index (χ0n) is 19.2. The number of carbonyl (C=O) groups is 2. The highest BCUT2D eigenvalue weighted by Gasteiger charge is 2.63. The van der Waals surface area contributed by atoms with Gasteiger partial charge in [-0.15, -0.1) is 0 Å². The van der Waals surface area contributed by atoms with Crippen molar-refractivity contribution in [3.8, 4) is 17.2 Å². The first-order valence-electron chi connectivity index (χ1n) is 10.3. The summed E-state index contributed by atoms with van der Waals surface area (Å²) < 4.78 is 62.8. The molecule has 34 heavy (non-hydrogen) atoms. The summed E-state index contributed by atoms with van der Waals surface area (Å²) in [4.78, 5) is 25.2. The fourth-order valence-corrected chi connectivity index (χ4v) is 3.11. The monoisotopic (exact) mass is 484 g/mol. The Balaban J connectivity index is 2.30. The second-order valence-corrected chi connectivity index (χ2v) is 7.02. The molecule has 0 saturated heterocycles. The number of hydrogen-bond donors (Lipinski definition) is 2. The lowest BCUT2D eigenvalue weighted by Crippen LogP contribution is -2.73. The van der Waals surface area contributed by atoms with E-state index >= 15 is 0 Å². The van der Waals surface area contributed by atoms with Crippen LogP contribution < -0.4 is 24.8 Å². The van der Waals surface area contributed by atoms with Crippen molar-refractivity contribution in [1.29, 1.82) is 0 Å². The minimum Gasteiger partial charge on any atom is -0.497 e. The Kier molecular flexibility index (Phi) is 9.13. The zero-order valence-corrected chi connectivity index (χ0v) is 19.2. The highest BCUT2D eigenvalue weighted by atomic mass is 19.4. The Bertz CT molecular complexity index is 982. The Morgan fingerprint density at radius 1 is 0.912 bits per heavy atom. The zero-order chi connectivity index (χ0) is 25.4. The van der Waals surface area contributed by atoms with Gasteiger partial charge in [-0.2, -0.15) is 13.2 Å². The van der Waals surface area contributed by atoms with Crippen LogP contribution in [0.15, 0.2) is 42.5 Å². The Morgan fingerprint density at radius 2 is 1.56 bits per heavy atom. The standard InChI is InChI=1S/C23H27F3N2O6/c1-5-34-21(30)22(23(24,25)26,28-20(29)16-7-9-17(31-2)10-8-16)27-13-12-15-6-11-18(32-3)19(14-15)33-4/h6-11,14,27H,5,12-13H2,1-4H3,(H,28,29). The smallest absolute Gasteiger partial charge is 0.436 e. The summed E-state index contributed by atoms with van der Waals surface area (Å²) in [5.41, 5.74) is -2.94. The second-order valence-electron chi connectivity index (χ2n) is 7.02. The molecular formula is C23H27F3N2O6. The molecule has 0 aromatic heterocycles. The van der Waals surface area contributed by atoms with Gasteiger partial charge >= 0.3 is 12.1 Å². The van der Waals surface area contributed by atoms with E-state index in [1.807, 2.05) is 0 Å². The lowest BCUT2D eigenvalue weighted by molar-refractivity contribution is -0.218. The highest BCUT2D eigenvalue weighted by molar-refractivity contribution is 5.98. The summed E-state index contributed by atoms with van der Waals surface area (Å²) in [5.74, 6) is -1.51. The van der Waals surface area contributed by atoms with Gasteiger partial charge in [-0.05, 0) is 55.3 Å². The maximum atomic E-state index is 14.3. The topological polar surface area (TPSA) is 95.1 Å². The van der Waals surface area contributed by atoms with Gasteiger partial charge in [0.1, 0.15) is 5.75 Å². The molecule has 0 aliphatic heterocycles. The molecule has 8 nitrogen and oxygen atoms in total. The van der Waals surface area contributed by atoms with Crippen LogP contribution in [0, 0.1) is 0 Å². The molecule has 0 saturated carbocycles. The number of ether oxygens (including phenoxy) is 4. The van der Waals surface area contributed by atoms with Gasteiger partial charge in [-0.1, -0.05) is 6.07 Å². The summed E-state index contributed by atoms with van der Waals surface area (Å²) in [6, 6.07) is 10.3. The average Bonchev–Trinajstić information content (AvgIpc) is 2.82. The number of hydrogen-bond acceptors (Lipinski definition) is 7. The molecule has 0 aliphatic carbocycles. The third kappa shape index (κ3) is 6.10. The van der Waals surface area contributed by atoms with E-state index in [0.29, 0.717) is 22.8 Å². The molecule has 186 valence electrons. The molecule has 2 N–H and O–H groups in total. The van der Waals surface area contributed by atoms with Crippen molar-refractivity contribution < 1.29 is 41.7 Å². The summed E-state index contributed by atoms with van der Waals surface area (Å²) in [5, 5.41) is 3.97. The maximum absolute atomic E-state index is 14.3. The SMILES string of the molecule is CCOC(=O)C(NCCc1ccc(OC)c(OC)c1)(NC(=O)c1ccc(OC)cc1)C(F)(F)F. The largest absolute Gasteiger partial charge is 0.497 e. The third-order valence-corrected chi connectivity index (χ3v) is 4.91. The second kappa shape index (κ2) is 11.6. The predicted molar refractivity (Wildman–Crippen MR) is 117 cm³/mol. The van der Waals surface area contributed by atoms with E-state index in [0.717, 1.165) is 0 Å². The quantitative estimate of drug-likeness (QED) is 0.374. The Morgan fingerprint density at radius 3 is 2.09 bits per heavy atom. The van der Waals surface area contributed by atoms with Crippen molar-refractivity contribution in [2.75, 3.05) is 34.5 Å². The molecule has 2 rings (SSSR count). The molecule has 0 heterocycles. The molecule has 1 atom stereocenters. The summed E-state index contributed by atoms with van der Waals surface area (Å²) in [6.07, 6.45) is -5.13. The van der Waals surface area contributed by atoms with Crippen molar-refractivity contribution >= 4 is 11.9 Å². The molecule has 0 radical (unpaired) electrons. The van der Waals surface area contributed by atoms with Gasteiger partial charge in [-0.25, -0.2) is 4.79 Å². The summed E-state index contributed by atoms with van der Waals surface area (Å²) in [7, 11) is 4.30. The predicted octanol–water partition coefficient (Wildman–Crippen LogP) is 3.10. The van der Waals surface area contributed by atoms with Crippen LogP contribution in [0.25, 0.3) is 0 Å². The average molecular weight is 484 g/mol. The van der Waals surface area contributed by atoms with Crippen LogP contribution in [-0.4, -0.2) is 58.2 Å². The number of methoxy groups -OCH3 is 3. The van der Waals surface area contributed by atoms with Crippen LogP contribution in [-0.2, 0) is 16.0 Å². The third-order valence-electron chi connectivity index (χ3n) is 4.91. The number of nitrogens with one attached hydrogen (secondary N) is 2. The number of halogens is 3. The number of carbonyl (C=O) groups excluding carboxylic acids is 2. The van der Waals surface area contributed by atoms with Gasteiger partial charge in [0, 0.05) is 12.1 Å². The van der Waals surface area contributed by atoms with Crippen LogP contribution in [0.5, 0.6) is 17.2 Å². The van der Waals surface area contributed by atoms with Crippen LogP contribution in [0.3, 0.4) is 0 Å². The van der Waals surface area contributed by atoms with Crippen LogP contribution in [0.4, 0.5) is 13.2 Å². The van der Waals surface area contributed by atoms with Crippen LogP contribution in [0.2, 0.25) is 0 Å². The first-order chi connectivity index (χ1) is 16.1. The fraction of sp³-hybridized carbons (Fsp3) is 0.391. The van der Waals surface area contributed by atoms with Gasteiger partial charge in [0.25, 0.3) is 11.6 Å². The van der Waals surface area contributed by atoms with E-state index in [2.05, 4.69) is 10.1 Å². The highest BCUT2D eigenvalue weighted by Crippen LogP contribution is 2.31. The molecule has 2 aromatic rings. The van der Waals surface area contributed by atoms with E-state index in [-0.39, 0.29) is 25.1 Å². The van der Waals surface area contributed by atoms with Gasteiger partial charge in [0.05, 0.1) is 27.9 Å². The van der Waals surface area contributed by atoms with Crippen LogP contribution >= 0.6 is 0 Å². The first-order valence-corrected chi connectivity index (χ1v) is 10.3. The molecular weight excluding hydrogens is 457 g/mol. The molecule has 2 aromatic carbocycles. The molecule has 1 amide bonds. The number of benzene rings is 2. The van der Waals surface area contributed by atoms with E-state index in [9.17, 15) is 22.8 Å². The number of rotatable bonds is 11.